The number of aryl methyl sites for hydroxylation is 1. The van der Waals surface area contributed by atoms with E-state index >= 15 is 0 Å². The van der Waals surface area contributed by atoms with E-state index in [1.165, 1.54) is 5.56 Å². The van der Waals surface area contributed by atoms with Gasteiger partial charge >= 0.3 is 0 Å². The summed E-state index contributed by atoms with van der Waals surface area (Å²) in [7, 11) is -0.252. The van der Waals surface area contributed by atoms with E-state index in [0.29, 0.717) is 75.3 Å². The van der Waals surface area contributed by atoms with Crippen LogP contribution in [0.1, 0.15) is 53.8 Å². The lowest BCUT2D eigenvalue weighted by Crippen LogP contribution is -2.47. The lowest BCUT2D eigenvalue weighted by molar-refractivity contribution is 0.0462. The molecule has 1 amide bonds. The second-order valence-corrected chi connectivity index (χ2v) is 21.2. The van der Waals surface area contributed by atoms with Crippen molar-refractivity contribution >= 4 is 43.1 Å². The average Bonchev–Trinajstić information content (AvgIpc) is 3.10. The number of hydrogen-bond acceptors (Lipinski definition) is 9. The number of likely N-dealkylation sites (tertiary alicyclic amines) is 1. The summed E-state index contributed by atoms with van der Waals surface area (Å²) in [6.07, 6.45) is 2.58. The number of hydrogen-bond donors (Lipinski definition) is 2. The van der Waals surface area contributed by atoms with Gasteiger partial charge in [0.05, 0.1) is 40.4 Å². The van der Waals surface area contributed by atoms with Crippen LogP contribution in [0.3, 0.4) is 0 Å². The molecular weight excluding hydrogens is 727 g/mol. The first kappa shape index (κ1) is 39.3. The van der Waals surface area contributed by atoms with Crippen molar-refractivity contribution in [1.29, 1.82) is 0 Å². The summed E-state index contributed by atoms with van der Waals surface area (Å²) in [5, 5.41) is 13.3. The van der Waals surface area contributed by atoms with Gasteiger partial charge in [0.2, 0.25) is 5.88 Å². The Morgan fingerprint density at radius 1 is 1.04 bits per heavy atom. The number of nitrogens with one attached hydrogen (secondary N) is 1. The van der Waals surface area contributed by atoms with Gasteiger partial charge in [0.25, 0.3) is 5.91 Å². The van der Waals surface area contributed by atoms with Crippen molar-refractivity contribution in [2.45, 2.75) is 65.3 Å². The number of anilines is 1. The van der Waals surface area contributed by atoms with Crippen LogP contribution in [-0.2, 0) is 23.9 Å². The van der Waals surface area contributed by atoms with Crippen molar-refractivity contribution in [2.75, 3.05) is 51.8 Å². The molecule has 53 heavy (non-hydrogen) atoms. The first-order valence-corrected chi connectivity index (χ1v) is 21.8. The van der Waals surface area contributed by atoms with Gasteiger partial charge in [-0.15, -0.1) is 0 Å². The Balaban J connectivity index is 1.17. The Labute approximate surface area is 324 Å². The summed E-state index contributed by atoms with van der Waals surface area (Å²) >= 11 is 14.0. The van der Waals surface area contributed by atoms with E-state index in [1.54, 1.807) is 19.4 Å². The summed E-state index contributed by atoms with van der Waals surface area (Å²) < 4.78 is 12.0. The molecule has 0 saturated carbocycles. The number of benzene rings is 2. The third kappa shape index (κ3) is 8.62. The van der Waals surface area contributed by atoms with Crippen molar-refractivity contribution < 1.29 is 19.1 Å². The van der Waals surface area contributed by atoms with E-state index in [2.05, 4.69) is 54.0 Å². The number of aromatic nitrogens is 3. The van der Waals surface area contributed by atoms with E-state index in [1.807, 2.05) is 43.3 Å². The van der Waals surface area contributed by atoms with Crippen LogP contribution in [-0.4, -0.2) is 90.6 Å². The fourth-order valence-corrected chi connectivity index (χ4v) is 8.28. The van der Waals surface area contributed by atoms with E-state index in [-0.39, 0.29) is 17.6 Å². The number of pyridine rings is 1. The molecular formula is C40H50Cl2N6O4Si. The fourth-order valence-electron chi connectivity index (χ4n) is 6.64. The lowest BCUT2D eigenvalue weighted by atomic mass is 9.98. The molecule has 282 valence electrons. The molecule has 0 radical (unpaired) electrons. The Morgan fingerprint density at radius 2 is 1.74 bits per heavy atom. The van der Waals surface area contributed by atoms with E-state index in [4.69, 9.17) is 42.3 Å². The van der Waals surface area contributed by atoms with E-state index in [0.717, 1.165) is 49.6 Å². The monoisotopic (exact) mass is 776 g/mol. The molecule has 4 heterocycles. The van der Waals surface area contributed by atoms with Crippen molar-refractivity contribution in [2.24, 2.45) is 5.92 Å². The number of methoxy groups -OCH3 is 1. The molecule has 0 bridgehead atoms. The zero-order valence-electron chi connectivity index (χ0n) is 31.7. The minimum atomic E-state index is -1.83. The largest absolute Gasteiger partial charge is 0.480 e. The molecule has 2 aromatic heterocycles. The topological polar surface area (TPSA) is 113 Å². The molecule has 0 aliphatic carbocycles. The lowest BCUT2D eigenvalue weighted by Gasteiger charge is -2.37. The van der Waals surface area contributed by atoms with Gasteiger partial charge in [-0.2, -0.15) is 0 Å². The molecule has 13 heteroatoms. The summed E-state index contributed by atoms with van der Waals surface area (Å²) in [5.74, 6) is 0.391. The van der Waals surface area contributed by atoms with Gasteiger partial charge in [-0.25, -0.2) is 9.97 Å². The second-order valence-electron chi connectivity index (χ2n) is 15.6. The van der Waals surface area contributed by atoms with E-state index < -0.39 is 8.32 Å². The molecule has 2 aliphatic rings. The standard InChI is InChI=1S/C40H50Cl2N6O4Si/c1-25-18-32(44-34-22-47(15-14-27(25)34)16-17-52-53(6,7)40(2,3)4)38(50)45-31-13-9-11-29(37(31)42)28-10-8-12-30(36(28)41)33-19-43-35(39(46-33)51-5)23-48-20-26(21-48)24-49/h8-13,18-19,26,49H,14-17,20-24H2,1-7H3,(H,45,50). The number of carbonyl (C=O) groups is 1. The third-order valence-electron chi connectivity index (χ3n) is 10.9. The van der Waals surface area contributed by atoms with Crippen molar-refractivity contribution in [3.05, 3.63) is 86.9 Å². The summed E-state index contributed by atoms with van der Waals surface area (Å²) in [6, 6.07) is 13.0. The second kappa shape index (κ2) is 16.1. The zero-order valence-corrected chi connectivity index (χ0v) is 34.2. The Morgan fingerprint density at radius 3 is 2.43 bits per heavy atom. The van der Waals surface area contributed by atoms with Crippen LogP contribution < -0.4 is 10.1 Å². The molecule has 2 aliphatic heterocycles. The quantitative estimate of drug-likeness (QED) is 0.139. The number of aliphatic hydroxyl groups is 1. The number of carbonyl (C=O) groups excluding carboxylic acids is 1. The molecule has 10 nitrogen and oxygen atoms in total. The summed E-state index contributed by atoms with van der Waals surface area (Å²) in [4.78, 5) is 32.5. The van der Waals surface area contributed by atoms with Gasteiger partial charge in [-0.05, 0) is 54.7 Å². The van der Waals surface area contributed by atoms with Gasteiger partial charge in [0.1, 0.15) is 11.4 Å². The first-order chi connectivity index (χ1) is 25.2. The maximum absolute atomic E-state index is 13.7. The molecule has 2 aromatic carbocycles. The van der Waals surface area contributed by atoms with Gasteiger partial charge in [-0.3, -0.25) is 19.6 Å². The summed E-state index contributed by atoms with van der Waals surface area (Å²) in [5.41, 5.74) is 7.31. The average molecular weight is 778 g/mol. The van der Waals surface area contributed by atoms with Crippen LogP contribution in [0.25, 0.3) is 22.4 Å². The molecule has 0 atom stereocenters. The minimum absolute atomic E-state index is 0.165. The molecule has 0 unspecified atom stereocenters. The van der Waals surface area contributed by atoms with Crippen LogP contribution in [0.4, 0.5) is 5.69 Å². The van der Waals surface area contributed by atoms with Crippen molar-refractivity contribution in [3.8, 4) is 28.3 Å². The molecule has 1 fully saturated rings. The van der Waals surface area contributed by atoms with Gasteiger partial charge in [-0.1, -0.05) is 74.3 Å². The molecule has 2 N–H and O–H groups in total. The van der Waals surface area contributed by atoms with Crippen LogP contribution >= 0.6 is 23.2 Å². The highest BCUT2D eigenvalue weighted by atomic mass is 35.5. The molecule has 4 aromatic rings. The van der Waals surface area contributed by atoms with Crippen LogP contribution in [0, 0.1) is 12.8 Å². The Kier molecular flexibility index (Phi) is 11.9. The fraction of sp³-hybridized carbons (Fsp3) is 0.450. The normalized spacial score (nSPS) is 15.6. The Bertz CT molecular complexity index is 1980. The number of aliphatic hydroxyl groups excluding tert-OH is 1. The first-order valence-electron chi connectivity index (χ1n) is 18.2. The van der Waals surface area contributed by atoms with Gasteiger partial charge < -0.3 is 19.6 Å². The summed E-state index contributed by atoms with van der Waals surface area (Å²) in [6.45, 7) is 18.9. The predicted octanol–water partition coefficient (Wildman–Crippen LogP) is 7.89. The Hall–Kier alpha value is -3.42. The number of halogens is 2. The number of ether oxygens (including phenoxy) is 1. The van der Waals surface area contributed by atoms with Crippen molar-refractivity contribution in [3.63, 3.8) is 0 Å². The number of fused-ring (bicyclic) bond motifs is 1. The smallest absolute Gasteiger partial charge is 0.274 e. The number of amides is 1. The van der Waals surface area contributed by atoms with E-state index in [9.17, 15) is 9.90 Å². The predicted molar refractivity (Wildman–Crippen MR) is 214 cm³/mol. The molecule has 6 rings (SSSR count). The van der Waals surface area contributed by atoms with Crippen LogP contribution in [0.15, 0.2) is 48.7 Å². The molecule has 1 saturated heterocycles. The molecule has 0 spiro atoms. The van der Waals surface area contributed by atoms with Crippen LogP contribution in [0.5, 0.6) is 5.88 Å². The van der Waals surface area contributed by atoms with Crippen molar-refractivity contribution in [1.82, 2.24) is 24.8 Å². The van der Waals surface area contributed by atoms with Gasteiger partial charge in [0, 0.05) is 75.1 Å². The number of nitrogens with zero attached hydrogens (tertiary/aromatic N) is 5. The van der Waals surface area contributed by atoms with Gasteiger partial charge in [0.15, 0.2) is 8.32 Å². The SMILES string of the molecule is COc1nc(-c2cccc(-c3cccc(NC(=O)c4cc(C)c5c(n4)CN(CCO[Si](C)(C)C(C)(C)C)CC5)c3Cl)c2Cl)cnc1CN1CC(CO)C1. The number of rotatable bonds is 12. The third-order valence-corrected chi connectivity index (χ3v) is 16.2. The maximum atomic E-state index is 13.7. The highest BCUT2D eigenvalue weighted by molar-refractivity contribution is 6.74. The highest BCUT2D eigenvalue weighted by Gasteiger charge is 2.37. The minimum Gasteiger partial charge on any atom is -0.480 e. The van der Waals surface area contributed by atoms with Crippen LogP contribution in [0.2, 0.25) is 28.2 Å². The highest BCUT2D eigenvalue weighted by Crippen LogP contribution is 2.42. The zero-order chi connectivity index (χ0) is 38.1. The maximum Gasteiger partial charge on any atom is 0.274 e.